The number of hydrogen-bond donors (Lipinski definition) is 1. The Balaban J connectivity index is 1.94. The van der Waals surface area contributed by atoms with Crippen molar-refractivity contribution in [3.63, 3.8) is 0 Å². The summed E-state index contributed by atoms with van der Waals surface area (Å²) in [6, 6.07) is 6.77. The summed E-state index contributed by atoms with van der Waals surface area (Å²) in [5, 5.41) is 0. The van der Waals surface area contributed by atoms with Crippen LogP contribution in [0.5, 0.6) is 0 Å². The third kappa shape index (κ3) is 4.55. The van der Waals surface area contributed by atoms with E-state index in [-0.39, 0.29) is 6.04 Å². The van der Waals surface area contributed by atoms with Crippen LogP contribution in [0, 0.1) is 25.7 Å². The number of aryl methyl sites for hydroxylation is 2. The van der Waals surface area contributed by atoms with Crippen molar-refractivity contribution < 1.29 is 0 Å². The molecule has 2 nitrogen and oxygen atoms in total. The number of hydrogen-bond acceptors (Lipinski definition) is 2. The number of nitrogens with zero attached hydrogens (tertiary/aromatic N) is 1. The Morgan fingerprint density at radius 3 is 2.62 bits per heavy atom. The molecule has 0 aromatic heterocycles. The quantitative estimate of drug-likeness (QED) is 0.905. The van der Waals surface area contributed by atoms with Crippen LogP contribution in [0.1, 0.15) is 55.8 Å². The Labute approximate surface area is 130 Å². The second kappa shape index (κ2) is 7.42. The fraction of sp³-hybridized carbons (Fsp3) is 0.684. The van der Waals surface area contributed by atoms with Crippen molar-refractivity contribution in [1.29, 1.82) is 0 Å². The second-order valence-electron chi connectivity index (χ2n) is 7.20. The van der Waals surface area contributed by atoms with Crippen LogP contribution in [0.25, 0.3) is 0 Å². The molecular formula is C19H32N2. The lowest BCUT2D eigenvalue weighted by Gasteiger charge is -2.25. The van der Waals surface area contributed by atoms with Crippen LogP contribution in [0.3, 0.4) is 0 Å². The first-order valence-electron chi connectivity index (χ1n) is 8.52. The lowest BCUT2D eigenvalue weighted by Crippen LogP contribution is -2.33. The minimum Gasteiger partial charge on any atom is -0.323 e. The molecule has 1 aliphatic heterocycles. The number of nitrogens with two attached hydrogens (primary N) is 1. The molecule has 0 spiro atoms. The standard InChI is InChI=1S/C19H32N2/c1-14(2)17-6-5-10-21(11-9-17)13-19(20)18-8-7-15(3)12-16(18)4/h7-8,12,14,17,19H,5-6,9-11,13,20H2,1-4H3. The third-order valence-electron chi connectivity index (χ3n) is 5.09. The van der Waals surface area contributed by atoms with E-state index in [1.54, 1.807) is 0 Å². The minimum absolute atomic E-state index is 0.140. The van der Waals surface area contributed by atoms with Crippen LogP contribution in [0.4, 0.5) is 0 Å². The summed E-state index contributed by atoms with van der Waals surface area (Å²) in [5.41, 5.74) is 10.4. The zero-order valence-electron chi connectivity index (χ0n) is 14.2. The molecule has 2 heteroatoms. The monoisotopic (exact) mass is 288 g/mol. The molecule has 118 valence electrons. The van der Waals surface area contributed by atoms with Crippen molar-refractivity contribution >= 4 is 0 Å². The van der Waals surface area contributed by atoms with E-state index in [2.05, 4.69) is 50.8 Å². The molecule has 1 saturated heterocycles. The first kappa shape index (κ1) is 16.5. The van der Waals surface area contributed by atoms with Gasteiger partial charge in [-0.15, -0.1) is 0 Å². The summed E-state index contributed by atoms with van der Waals surface area (Å²) < 4.78 is 0. The normalized spacial score (nSPS) is 22.3. The Bertz CT molecular complexity index is 453. The Hall–Kier alpha value is -0.860. The van der Waals surface area contributed by atoms with Crippen LogP contribution < -0.4 is 5.73 Å². The van der Waals surface area contributed by atoms with Gasteiger partial charge in [-0.2, -0.15) is 0 Å². The molecule has 0 radical (unpaired) electrons. The summed E-state index contributed by atoms with van der Waals surface area (Å²) in [6.45, 7) is 12.5. The Morgan fingerprint density at radius 2 is 1.95 bits per heavy atom. The highest BCUT2D eigenvalue weighted by Gasteiger charge is 2.21. The van der Waals surface area contributed by atoms with E-state index in [0.717, 1.165) is 18.4 Å². The molecule has 1 fully saturated rings. The lowest BCUT2D eigenvalue weighted by atomic mass is 9.89. The molecular weight excluding hydrogens is 256 g/mol. The van der Waals surface area contributed by atoms with E-state index in [4.69, 9.17) is 5.73 Å². The summed E-state index contributed by atoms with van der Waals surface area (Å²) in [7, 11) is 0. The van der Waals surface area contributed by atoms with Crippen LogP contribution in [-0.2, 0) is 0 Å². The number of benzene rings is 1. The molecule has 0 aliphatic carbocycles. The van der Waals surface area contributed by atoms with Crippen LogP contribution in [0.15, 0.2) is 18.2 Å². The Kier molecular flexibility index (Phi) is 5.83. The molecule has 1 aliphatic rings. The molecule has 1 aromatic carbocycles. The average Bonchev–Trinajstić information content (AvgIpc) is 2.64. The van der Waals surface area contributed by atoms with Gasteiger partial charge in [-0.05, 0) is 69.2 Å². The fourth-order valence-corrected chi connectivity index (χ4v) is 3.65. The smallest absolute Gasteiger partial charge is 0.0426 e. The van der Waals surface area contributed by atoms with E-state index >= 15 is 0 Å². The van der Waals surface area contributed by atoms with Gasteiger partial charge in [-0.3, -0.25) is 0 Å². The highest BCUT2D eigenvalue weighted by molar-refractivity contribution is 5.32. The van der Waals surface area contributed by atoms with Gasteiger partial charge in [0, 0.05) is 12.6 Å². The van der Waals surface area contributed by atoms with Gasteiger partial charge in [0.25, 0.3) is 0 Å². The minimum atomic E-state index is 0.140. The molecule has 2 atom stereocenters. The van der Waals surface area contributed by atoms with E-state index in [0.29, 0.717) is 0 Å². The maximum absolute atomic E-state index is 6.48. The van der Waals surface area contributed by atoms with E-state index in [9.17, 15) is 0 Å². The topological polar surface area (TPSA) is 29.3 Å². The van der Waals surface area contributed by atoms with E-state index < -0.39 is 0 Å². The van der Waals surface area contributed by atoms with Gasteiger partial charge >= 0.3 is 0 Å². The first-order chi connectivity index (χ1) is 9.97. The predicted octanol–water partition coefficient (Wildman–Crippen LogP) is 4.06. The molecule has 0 saturated carbocycles. The lowest BCUT2D eigenvalue weighted by molar-refractivity contribution is 0.257. The molecule has 21 heavy (non-hydrogen) atoms. The summed E-state index contributed by atoms with van der Waals surface area (Å²) in [6.07, 6.45) is 4.03. The SMILES string of the molecule is Cc1ccc(C(N)CN2CCCC(C(C)C)CC2)c(C)c1. The van der Waals surface area contributed by atoms with Gasteiger partial charge in [0.15, 0.2) is 0 Å². The fourth-order valence-electron chi connectivity index (χ4n) is 3.65. The summed E-state index contributed by atoms with van der Waals surface area (Å²) in [5.74, 6) is 1.71. The van der Waals surface area contributed by atoms with Crippen LogP contribution in [-0.4, -0.2) is 24.5 Å². The van der Waals surface area contributed by atoms with Crippen molar-refractivity contribution in [3.05, 3.63) is 34.9 Å². The summed E-state index contributed by atoms with van der Waals surface area (Å²) in [4.78, 5) is 2.58. The van der Waals surface area contributed by atoms with Crippen LogP contribution >= 0.6 is 0 Å². The number of rotatable bonds is 4. The van der Waals surface area contributed by atoms with Gasteiger partial charge in [0.2, 0.25) is 0 Å². The van der Waals surface area contributed by atoms with Crippen molar-refractivity contribution in [2.45, 2.75) is 53.0 Å². The number of likely N-dealkylation sites (tertiary alicyclic amines) is 1. The first-order valence-corrected chi connectivity index (χ1v) is 8.52. The van der Waals surface area contributed by atoms with Crippen molar-refractivity contribution in [3.8, 4) is 0 Å². The molecule has 2 rings (SSSR count). The largest absolute Gasteiger partial charge is 0.323 e. The second-order valence-corrected chi connectivity index (χ2v) is 7.20. The molecule has 1 aromatic rings. The van der Waals surface area contributed by atoms with E-state index in [1.807, 2.05) is 0 Å². The molecule has 1 heterocycles. The molecule has 0 amide bonds. The molecule has 2 N–H and O–H groups in total. The van der Waals surface area contributed by atoms with Gasteiger partial charge in [0.05, 0.1) is 0 Å². The van der Waals surface area contributed by atoms with Crippen molar-refractivity contribution in [2.24, 2.45) is 17.6 Å². The molecule has 2 unspecified atom stereocenters. The highest BCUT2D eigenvalue weighted by Crippen LogP contribution is 2.26. The average molecular weight is 288 g/mol. The van der Waals surface area contributed by atoms with Gasteiger partial charge in [-0.1, -0.05) is 37.6 Å². The predicted molar refractivity (Wildman–Crippen MR) is 91.5 cm³/mol. The van der Waals surface area contributed by atoms with Gasteiger partial charge < -0.3 is 10.6 Å². The summed E-state index contributed by atoms with van der Waals surface area (Å²) >= 11 is 0. The van der Waals surface area contributed by atoms with Crippen molar-refractivity contribution in [2.75, 3.05) is 19.6 Å². The zero-order chi connectivity index (χ0) is 15.4. The van der Waals surface area contributed by atoms with Gasteiger partial charge in [0.1, 0.15) is 0 Å². The Morgan fingerprint density at radius 1 is 1.19 bits per heavy atom. The zero-order valence-corrected chi connectivity index (χ0v) is 14.2. The maximum atomic E-state index is 6.48. The maximum Gasteiger partial charge on any atom is 0.0426 e. The van der Waals surface area contributed by atoms with E-state index in [1.165, 1.54) is 49.0 Å². The van der Waals surface area contributed by atoms with Crippen molar-refractivity contribution in [1.82, 2.24) is 4.90 Å². The molecule has 0 bridgehead atoms. The highest BCUT2D eigenvalue weighted by atomic mass is 15.1. The van der Waals surface area contributed by atoms with Gasteiger partial charge in [-0.25, -0.2) is 0 Å². The van der Waals surface area contributed by atoms with Crippen LogP contribution in [0.2, 0.25) is 0 Å². The third-order valence-corrected chi connectivity index (χ3v) is 5.09.